The van der Waals surface area contributed by atoms with Gasteiger partial charge in [-0.25, -0.2) is 4.98 Å². The molecule has 1 saturated heterocycles. The van der Waals surface area contributed by atoms with Crippen molar-refractivity contribution in [3.63, 3.8) is 0 Å². The average Bonchev–Trinajstić information content (AvgIpc) is 3.31. The van der Waals surface area contributed by atoms with E-state index < -0.39 is 0 Å². The van der Waals surface area contributed by atoms with E-state index in [2.05, 4.69) is 15.2 Å². The van der Waals surface area contributed by atoms with Crippen molar-refractivity contribution in [1.29, 1.82) is 0 Å². The molecule has 8 heteroatoms. The number of carbonyl (C=O) groups excluding carboxylic acids is 1. The molecule has 6 nitrogen and oxygen atoms in total. The lowest BCUT2D eigenvalue weighted by Gasteiger charge is -2.32. The Morgan fingerprint density at radius 3 is 3.20 bits per heavy atom. The maximum Gasteiger partial charge on any atom is 0.255 e. The maximum atomic E-state index is 12.5. The number of amides is 1. The summed E-state index contributed by atoms with van der Waals surface area (Å²) in [6.07, 6.45) is 3.34. The van der Waals surface area contributed by atoms with Gasteiger partial charge in [0, 0.05) is 13.1 Å². The Morgan fingerprint density at radius 2 is 2.36 bits per heavy atom. The number of piperidine rings is 1. The van der Waals surface area contributed by atoms with Crippen molar-refractivity contribution in [2.45, 2.75) is 19.4 Å². The zero-order chi connectivity index (χ0) is 17.2. The largest absolute Gasteiger partial charge is 0.467 e. The summed E-state index contributed by atoms with van der Waals surface area (Å²) in [6.45, 7) is 1.80. The molecular formula is C17H17N3O3S2. The van der Waals surface area contributed by atoms with Crippen molar-refractivity contribution < 1.29 is 9.21 Å². The fourth-order valence-corrected chi connectivity index (χ4v) is 4.77. The molecule has 0 radical (unpaired) electrons. The second kappa shape index (κ2) is 6.97. The molecule has 1 aliphatic heterocycles. The minimum absolute atomic E-state index is 0.0186. The Kier molecular flexibility index (Phi) is 4.54. The van der Waals surface area contributed by atoms with Crippen LogP contribution in [0.3, 0.4) is 0 Å². The van der Waals surface area contributed by atoms with Gasteiger partial charge in [-0.2, -0.15) is 0 Å². The van der Waals surface area contributed by atoms with E-state index in [0.717, 1.165) is 30.7 Å². The number of nitrogens with one attached hydrogen (secondary N) is 1. The fraction of sp³-hybridized carbons (Fsp3) is 0.353. The highest BCUT2D eigenvalue weighted by molar-refractivity contribution is 7.21. The van der Waals surface area contributed by atoms with Crippen molar-refractivity contribution in [2.75, 3.05) is 18.0 Å². The quantitative estimate of drug-likeness (QED) is 0.759. The van der Waals surface area contributed by atoms with Gasteiger partial charge in [-0.1, -0.05) is 11.3 Å². The van der Waals surface area contributed by atoms with Gasteiger partial charge in [0.1, 0.15) is 10.5 Å². The number of anilines is 1. The highest BCUT2D eigenvalue weighted by atomic mass is 32.1. The number of carbonyl (C=O) groups is 1. The van der Waals surface area contributed by atoms with Crippen LogP contribution in [0.5, 0.6) is 0 Å². The summed E-state index contributed by atoms with van der Waals surface area (Å²) >= 11 is 2.59. The van der Waals surface area contributed by atoms with Gasteiger partial charge in [0.15, 0.2) is 5.13 Å². The number of thiophene rings is 1. The van der Waals surface area contributed by atoms with Crippen molar-refractivity contribution >= 4 is 43.9 Å². The lowest BCUT2D eigenvalue weighted by atomic mass is 9.97. The Balaban J connectivity index is 1.46. The van der Waals surface area contributed by atoms with E-state index in [9.17, 15) is 9.59 Å². The van der Waals surface area contributed by atoms with Gasteiger partial charge in [0.25, 0.3) is 4.74 Å². The second-order valence-electron chi connectivity index (χ2n) is 6.00. The number of aromatic nitrogens is 1. The summed E-state index contributed by atoms with van der Waals surface area (Å²) in [7, 11) is 0. The molecular weight excluding hydrogens is 358 g/mol. The monoisotopic (exact) mass is 375 g/mol. The van der Waals surface area contributed by atoms with E-state index in [1.54, 1.807) is 12.3 Å². The minimum atomic E-state index is -0.106. The summed E-state index contributed by atoms with van der Waals surface area (Å²) in [4.78, 5) is 31.3. The van der Waals surface area contributed by atoms with Gasteiger partial charge < -0.3 is 14.6 Å². The molecule has 3 aromatic rings. The van der Waals surface area contributed by atoms with Gasteiger partial charge in [-0.15, -0.1) is 11.3 Å². The van der Waals surface area contributed by atoms with Gasteiger partial charge in [0.2, 0.25) is 5.91 Å². The first kappa shape index (κ1) is 16.3. The molecule has 130 valence electrons. The lowest BCUT2D eigenvalue weighted by Crippen LogP contribution is -2.43. The molecule has 1 N–H and O–H groups in total. The van der Waals surface area contributed by atoms with Gasteiger partial charge >= 0.3 is 0 Å². The minimum Gasteiger partial charge on any atom is -0.467 e. The molecule has 0 saturated carbocycles. The third-order valence-corrected chi connectivity index (χ3v) is 6.26. The van der Waals surface area contributed by atoms with Crippen LogP contribution in [0.15, 0.2) is 39.1 Å². The Morgan fingerprint density at radius 1 is 1.44 bits per heavy atom. The van der Waals surface area contributed by atoms with Crippen LogP contribution in [0.1, 0.15) is 18.6 Å². The van der Waals surface area contributed by atoms with Crippen LogP contribution in [-0.4, -0.2) is 24.0 Å². The summed E-state index contributed by atoms with van der Waals surface area (Å²) in [6, 6.07) is 5.51. The highest BCUT2D eigenvalue weighted by Gasteiger charge is 2.27. The predicted molar refractivity (Wildman–Crippen MR) is 99.3 cm³/mol. The Bertz CT molecular complexity index is 932. The number of furan rings is 1. The summed E-state index contributed by atoms with van der Waals surface area (Å²) in [5.74, 6) is 0.653. The molecule has 25 heavy (non-hydrogen) atoms. The molecule has 0 unspecified atom stereocenters. The topological polar surface area (TPSA) is 75.4 Å². The molecule has 0 aliphatic carbocycles. The van der Waals surface area contributed by atoms with Gasteiger partial charge in [-0.05, 0) is 36.4 Å². The van der Waals surface area contributed by atoms with E-state index >= 15 is 0 Å². The van der Waals surface area contributed by atoms with E-state index in [4.69, 9.17) is 4.42 Å². The predicted octanol–water partition coefficient (Wildman–Crippen LogP) is 2.84. The summed E-state index contributed by atoms with van der Waals surface area (Å²) < 4.78 is 5.99. The fourth-order valence-electron chi connectivity index (χ4n) is 3.03. The van der Waals surface area contributed by atoms with Crippen LogP contribution in [0.25, 0.3) is 10.2 Å². The standard InChI is InChI=1S/C17H17N3O3S2/c21-15(18-9-12-4-2-7-23-12)11-3-1-6-20(10-11)17-19-13-5-8-24-14(13)16(22)25-17/h2,4-5,7-8,11H,1,3,6,9-10H2,(H,18,21)/t11-/m1/s1. The van der Waals surface area contributed by atoms with E-state index in [1.165, 1.54) is 22.7 Å². The molecule has 1 fully saturated rings. The number of rotatable bonds is 4. The van der Waals surface area contributed by atoms with Crippen molar-refractivity contribution in [3.05, 3.63) is 45.1 Å². The first-order valence-corrected chi connectivity index (χ1v) is 9.84. The normalized spacial score (nSPS) is 17.8. The molecule has 1 amide bonds. The average molecular weight is 375 g/mol. The van der Waals surface area contributed by atoms with Crippen LogP contribution < -0.4 is 15.0 Å². The Labute approximate surface area is 152 Å². The number of nitrogens with zero attached hydrogens (tertiary/aromatic N) is 2. The number of hydrogen-bond acceptors (Lipinski definition) is 7. The Hall–Kier alpha value is -2.19. The summed E-state index contributed by atoms with van der Waals surface area (Å²) in [5, 5.41) is 5.52. The van der Waals surface area contributed by atoms with Crippen molar-refractivity contribution in [3.8, 4) is 0 Å². The molecule has 3 aromatic heterocycles. The molecule has 4 heterocycles. The van der Waals surface area contributed by atoms with E-state index in [0.29, 0.717) is 22.9 Å². The lowest BCUT2D eigenvalue weighted by molar-refractivity contribution is -0.125. The van der Waals surface area contributed by atoms with Crippen LogP contribution in [0.4, 0.5) is 5.13 Å². The molecule has 0 spiro atoms. The van der Waals surface area contributed by atoms with Crippen LogP contribution >= 0.6 is 22.7 Å². The third kappa shape index (κ3) is 3.45. The van der Waals surface area contributed by atoms with Crippen LogP contribution in [0, 0.1) is 5.92 Å². The van der Waals surface area contributed by atoms with Gasteiger partial charge in [0.05, 0.1) is 24.2 Å². The molecule has 1 atom stereocenters. The summed E-state index contributed by atoms with van der Waals surface area (Å²) in [5.41, 5.74) is 0.744. The van der Waals surface area contributed by atoms with Crippen molar-refractivity contribution in [2.24, 2.45) is 5.92 Å². The third-order valence-electron chi connectivity index (χ3n) is 4.31. The zero-order valence-electron chi connectivity index (χ0n) is 13.4. The maximum absolute atomic E-state index is 12.5. The first-order valence-electron chi connectivity index (χ1n) is 8.14. The second-order valence-corrected chi connectivity index (χ2v) is 7.86. The SMILES string of the molecule is O=C(NCc1ccco1)[C@@H]1CCCN(c2nc3ccsc3c(=O)s2)C1. The van der Waals surface area contributed by atoms with Crippen LogP contribution in [0.2, 0.25) is 0 Å². The van der Waals surface area contributed by atoms with Crippen molar-refractivity contribution in [1.82, 2.24) is 10.3 Å². The number of hydrogen-bond donors (Lipinski definition) is 1. The molecule has 0 aromatic carbocycles. The molecule has 0 bridgehead atoms. The highest BCUT2D eigenvalue weighted by Crippen LogP contribution is 2.26. The van der Waals surface area contributed by atoms with Crippen LogP contribution in [-0.2, 0) is 11.3 Å². The number of fused-ring (bicyclic) bond motifs is 1. The smallest absolute Gasteiger partial charge is 0.255 e. The van der Waals surface area contributed by atoms with E-state index in [1.807, 2.05) is 17.5 Å². The molecule has 1 aliphatic rings. The first-order chi connectivity index (χ1) is 12.2. The molecule has 4 rings (SSSR count). The van der Waals surface area contributed by atoms with Gasteiger partial charge in [-0.3, -0.25) is 9.59 Å². The zero-order valence-corrected chi connectivity index (χ0v) is 15.1. The van der Waals surface area contributed by atoms with E-state index in [-0.39, 0.29) is 16.6 Å².